The van der Waals surface area contributed by atoms with Gasteiger partial charge in [-0.2, -0.15) is 0 Å². The van der Waals surface area contributed by atoms with Gasteiger partial charge >= 0.3 is 0 Å². The van der Waals surface area contributed by atoms with Crippen molar-refractivity contribution >= 4 is 35.1 Å². The molecular formula is C14H20ClN3O3. The largest absolute Gasteiger partial charge is 0.438 e. The van der Waals surface area contributed by atoms with Gasteiger partial charge in [0.05, 0.1) is 6.04 Å². The van der Waals surface area contributed by atoms with Crippen molar-refractivity contribution in [2.75, 3.05) is 12.4 Å². The van der Waals surface area contributed by atoms with Crippen LogP contribution < -0.4 is 11.1 Å². The van der Waals surface area contributed by atoms with Crippen LogP contribution in [0, 0.1) is 5.92 Å². The van der Waals surface area contributed by atoms with Gasteiger partial charge in [-0.1, -0.05) is 13.8 Å². The number of benzene rings is 1. The molecule has 0 radical (unpaired) electrons. The molecule has 21 heavy (non-hydrogen) atoms. The smallest absolute Gasteiger partial charge is 0.241 e. The van der Waals surface area contributed by atoms with E-state index in [1.54, 1.807) is 25.3 Å². The fourth-order valence-corrected chi connectivity index (χ4v) is 1.77. The number of oxazole rings is 1. The molecule has 2 aromatic rings. The van der Waals surface area contributed by atoms with Gasteiger partial charge in [-0.05, 0) is 24.1 Å². The van der Waals surface area contributed by atoms with E-state index in [0.29, 0.717) is 29.3 Å². The molecule has 0 aliphatic heterocycles. The van der Waals surface area contributed by atoms with Crippen LogP contribution in [-0.4, -0.2) is 24.0 Å². The number of ether oxygens (including phenoxy) is 1. The lowest BCUT2D eigenvalue weighted by molar-refractivity contribution is -0.118. The van der Waals surface area contributed by atoms with Crippen molar-refractivity contribution in [2.45, 2.75) is 26.5 Å². The van der Waals surface area contributed by atoms with Crippen molar-refractivity contribution in [1.82, 2.24) is 4.98 Å². The van der Waals surface area contributed by atoms with Gasteiger partial charge < -0.3 is 20.2 Å². The third-order valence-corrected chi connectivity index (χ3v) is 2.99. The first-order valence-corrected chi connectivity index (χ1v) is 6.46. The number of amides is 1. The molecule has 1 aromatic heterocycles. The number of nitrogens with zero attached hydrogens (tertiary/aromatic N) is 1. The average Bonchev–Trinajstić information content (AvgIpc) is 2.79. The van der Waals surface area contributed by atoms with E-state index in [-0.39, 0.29) is 24.2 Å². The summed E-state index contributed by atoms with van der Waals surface area (Å²) >= 11 is 0. The Labute approximate surface area is 129 Å². The minimum atomic E-state index is -0.535. The minimum absolute atomic E-state index is 0. The van der Waals surface area contributed by atoms with Crippen LogP contribution in [-0.2, 0) is 16.1 Å². The number of halogens is 1. The summed E-state index contributed by atoms with van der Waals surface area (Å²) in [6.07, 6.45) is 0. The zero-order valence-electron chi connectivity index (χ0n) is 12.3. The van der Waals surface area contributed by atoms with E-state index in [9.17, 15) is 4.79 Å². The summed E-state index contributed by atoms with van der Waals surface area (Å²) < 4.78 is 10.4. The number of nitrogens with one attached hydrogen (secondary N) is 1. The zero-order chi connectivity index (χ0) is 14.7. The van der Waals surface area contributed by atoms with E-state index >= 15 is 0 Å². The summed E-state index contributed by atoms with van der Waals surface area (Å²) in [6, 6.07) is 4.74. The number of carbonyl (C=O) groups excluding carboxylic acids is 1. The Hall–Kier alpha value is -1.63. The number of fused-ring (bicyclic) bond motifs is 1. The normalized spacial score (nSPS) is 12.2. The third kappa shape index (κ3) is 4.17. The highest BCUT2D eigenvalue weighted by Crippen LogP contribution is 2.20. The van der Waals surface area contributed by atoms with Crippen molar-refractivity contribution in [3.8, 4) is 0 Å². The SMILES string of the molecule is COCc1nc2cc(NC(=O)[C@@H](N)C(C)C)ccc2o1.Cl. The second-order valence-corrected chi connectivity index (χ2v) is 4.98. The van der Waals surface area contributed by atoms with Crippen LogP contribution in [0.25, 0.3) is 11.1 Å². The lowest BCUT2D eigenvalue weighted by Gasteiger charge is -2.15. The number of methoxy groups -OCH3 is 1. The van der Waals surface area contributed by atoms with Gasteiger partial charge in [0.15, 0.2) is 5.58 Å². The molecule has 7 heteroatoms. The average molecular weight is 314 g/mol. The second kappa shape index (κ2) is 7.40. The van der Waals surface area contributed by atoms with Crippen LogP contribution in [0.15, 0.2) is 22.6 Å². The van der Waals surface area contributed by atoms with Gasteiger partial charge in [-0.15, -0.1) is 12.4 Å². The molecule has 0 fully saturated rings. The summed E-state index contributed by atoms with van der Waals surface area (Å²) in [5.41, 5.74) is 7.78. The monoisotopic (exact) mass is 313 g/mol. The van der Waals surface area contributed by atoms with Crippen molar-refractivity contribution in [2.24, 2.45) is 11.7 Å². The highest BCUT2D eigenvalue weighted by Gasteiger charge is 2.17. The van der Waals surface area contributed by atoms with E-state index in [2.05, 4.69) is 10.3 Å². The molecule has 1 amide bonds. The van der Waals surface area contributed by atoms with Crippen LogP contribution in [0.1, 0.15) is 19.7 Å². The van der Waals surface area contributed by atoms with Crippen LogP contribution in [0.5, 0.6) is 0 Å². The standard InChI is InChI=1S/C14H19N3O3.ClH/c1-8(2)13(15)14(18)16-9-4-5-11-10(6-9)17-12(20-11)7-19-3;/h4-6,8,13H,7,15H2,1-3H3,(H,16,18);1H/t13-;/m0./s1. The number of aromatic nitrogens is 1. The van der Waals surface area contributed by atoms with Crippen LogP contribution >= 0.6 is 12.4 Å². The fraction of sp³-hybridized carbons (Fsp3) is 0.429. The highest BCUT2D eigenvalue weighted by molar-refractivity contribution is 5.96. The molecule has 0 unspecified atom stereocenters. The summed E-state index contributed by atoms with van der Waals surface area (Å²) in [5, 5.41) is 2.78. The van der Waals surface area contributed by atoms with Crippen molar-refractivity contribution in [1.29, 1.82) is 0 Å². The molecule has 2 rings (SSSR count). The lowest BCUT2D eigenvalue weighted by atomic mass is 10.0. The van der Waals surface area contributed by atoms with Gasteiger partial charge in [0.25, 0.3) is 0 Å². The Morgan fingerprint density at radius 1 is 1.48 bits per heavy atom. The van der Waals surface area contributed by atoms with Crippen molar-refractivity contribution in [3.63, 3.8) is 0 Å². The molecule has 0 aliphatic rings. The van der Waals surface area contributed by atoms with Crippen LogP contribution in [0.4, 0.5) is 5.69 Å². The first-order chi connectivity index (χ1) is 9.51. The fourth-order valence-electron chi connectivity index (χ4n) is 1.77. The Kier molecular flexibility index (Phi) is 6.14. The molecule has 0 saturated carbocycles. The predicted molar refractivity (Wildman–Crippen MR) is 83.4 cm³/mol. The van der Waals surface area contributed by atoms with E-state index in [0.717, 1.165) is 0 Å². The first kappa shape index (κ1) is 17.4. The van der Waals surface area contributed by atoms with E-state index in [1.165, 1.54) is 0 Å². The Balaban J connectivity index is 0.00000220. The quantitative estimate of drug-likeness (QED) is 0.884. The van der Waals surface area contributed by atoms with Crippen LogP contribution in [0.3, 0.4) is 0 Å². The number of hydrogen-bond acceptors (Lipinski definition) is 5. The molecule has 0 saturated heterocycles. The van der Waals surface area contributed by atoms with E-state index < -0.39 is 6.04 Å². The zero-order valence-corrected chi connectivity index (χ0v) is 13.1. The van der Waals surface area contributed by atoms with E-state index in [4.69, 9.17) is 14.9 Å². The molecule has 0 spiro atoms. The summed E-state index contributed by atoms with van der Waals surface area (Å²) in [6.45, 7) is 4.12. The number of hydrogen-bond donors (Lipinski definition) is 2. The molecule has 116 valence electrons. The lowest BCUT2D eigenvalue weighted by Crippen LogP contribution is -2.39. The molecule has 0 aliphatic carbocycles. The number of anilines is 1. The van der Waals surface area contributed by atoms with Crippen LogP contribution in [0.2, 0.25) is 0 Å². The van der Waals surface area contributed by atoms with Gasteiger partial charge in [0.1, 0.15) is 12.1 Å². The van der Waals surface area contributed by atoms with Gasteiger partial charge in [0, 0.05) is 12.8 Å². The minimum Gasteiger partial charge on any atom is -0.438 e. The maximum atomic E-state index is 11.9. The Morgan fingerprint density at radius 2 is 2.19 bits per heavy atom. The maximum Gasteiger partial charge on any atom is 0.241 e. The topological polar surface area (TPSA) is 90.4 Å². The number of nitrogens with two attached hydrogens (primary N) is 1. The summed E-state index contributed by atoms with van der Waals surface area (Å²) in [4.78, 5) is 16.2. The number of carbonyl (C=O) groups is 1. The maximum absolute atomic E-state index is 11.9. The molecule has 1 atom stereocenters. The third-order valence-electron chi connectivity index (χ3n) is 2.99. The van der Waals surface area contributed by atoms with Crippen molar-refractivity contribution < 1.29 is 13.9 Å². The molecule has 3 N–H and O–H groups in total. The molecule has 1 heterocycles. The Morgan fingerprint density at radius 3 is 2.81 bits per heavy atom. The second-order valence-electron chi connectivity index (χ2n) is 4.98. The Bertz CT molecular complexity index is 613. The van der Waals surface area contributed by atoms with Gasteiger partial charge in [-0.3, -0.25) is 4.79 Å². The van der Waals surface area contributed by atoms with Crippen molar-refractivity contribution in [3.05, 3.63) is 24.1 Å². The van der Waals surface area contributed by atoms with Gasteiger partial charge in [0.2, 0.25) is 11.8 Å². The first-order valence-electron chi connectivity index (χ1n) is 6.46. The van der Waals surface area contributed by atoms with Gasteiger partial charge in [-0.25, -0.2) is 4.98 Å². The molecule has 0 bridgehead atoms. The molecular weight excluding hydrogens is 294 g/mol. The summed E-state index contributed by atoms with van der Waals surface area (Å²) in [7, 11) is 1.58. The number of rotatable bonds is 5. The van der Waals surface area contributed by atoms with E-state index in [1.807, 2.05) is 13.8 Å². The predicted octanol–water partition coefficient (Wildman–Crippen LogP) is 2.32. The highest BCUT2D eigenvalue weighted by atomic mass is 35.5. The molecule has 6 nitrogen and oxygen atoms in total. The molecule has 1 aromatic carbocycles. The summed E-state index contributed by atoms with van der Waals surface area (Å²) in [5.74, 6) is 0.379.